The van der Waals surface area contributed by atoms with Crippen LogP contribution in [0, 0.1) is 10.1 Å². The summed E-state index contributed by atoms with van der Waals surface area (Å²) in [6.45, 7) is 4.03. The van der Waals surface area contributed by atoms with Crippen molar-refractivity contribution in [3.8, 4) is 11.5 Å². The first-order valence-electron chi connectivity index (χ1n) is 11.7. The molecule has 0 bridgehead atoms. The second kappa shape index (κ2) is 11.7. The van der Waals surface area contributed by atoms with Gasteiger partial charge in [-0.3, -0.25) is 14.9 Å². The highest BCUT2D eigenvalue weighted by atomic mass is 79.9. The molecule has 1 atom stereocenters. The Balaban J connectivity index is 1.76. The summed E-state index contributed by atoms with van der Waals surface area (Å²) >= 11 is 9.32. The molecule has 0 saturated carbocycles. The quantitative estimate of drug-likeness (QED) is 0.120. The minimum atomic E-state index is -0.553. The molecular weight excluding hydrogens is 576 g/mol. The van der Waals surface area contributed by atoms with Crippen molar-refractivity contribution in [3.05, 3.63) is 102 Å². The average molecular weight is 600 g/mol. The molecule has 0 N–H and O–H groups in total. The number of hydrogen-bond donors (Lipinski definition) is 0. The van der Waals surface area contributed by atoms with Crippen LogP contribution in [0.5, 0.6) is 11.5 Å². The summed E-state index contributed by atoms with van der Waals surface area (Å²) in [4.78, 5) is 29.4. The Labute approximate surface area is 232 Å². The van der Waals surface area contributed by atoms with Crippen molar-refractivity contribution in [3.63, 3.8) is 0 Å². The van der Waals surface area contributed by atoms with E-state index in [1.165, 1.54) is 24.1 Å². The minimum Gasteiger partial charge on any atom is -0.493 e. The van der Waals surface area contributed by atoms with E-state index in [1.54, 1.807) is 42.5 Å². The number of ether oxygens (including phenoxy) is 2. The largest absolute Gasteiger partial charge is 0.493 e. The molecular formula is C27H24BrClN4O5. The van der Waals surface area contributed by atoms with Gasteiger partial charge in [-0.2, -0.15) is 9.78 Å². The van der Waals surface area contributed by atoms with Gasteiger partial charge in [0.2, 0.25) is 5.75 Å². The Morgan fingerprint density at radius 3 is 2.61 bits per heavy atom. The van der Waals surface area contributed by atoms with Gasteiger partial charge < -0.3 is 9.47 Å². The lowest BCUT2D eigenvalue weighted by Crippen LogP contribution is -2.23. The lowest BCUT2D eigenvalue weighted by molar-refractivity contribution is -0.386. The summed E-state index contributed by atoms with van der Waals surface area (Å²) < 4.78 is 13.2. The van der Waals surface area contributed by atoms with Crippen LogP contribution in [0.1, 0.15) is 43.1 Å². The lowest BCUT2D eigenvalue weighted by Gasteiger charge is -2.14. The van der Waals surface area contributed by atoms with Crippen molar-refractivity contribution in [1.29, 1.82) is 0 Å². The second-order valence-electron chi connectivity index (χ2n) is 8.55. The topological polar surface area (TPSA) is 109 Å². The third-order valence-corrected chi connectivity index (χ3v) is 6.72. The van der Waals surface area contributed by atoms with Crippen molar-refractivity contribution in [1.82, 2.24) is 9.66 Å². The normalized spacial score (nSPS) is 12.1. The first-order valence-corrected chi connectivity index (χ1v) is 12.9. The second-order valence-corrected chi connectivity index (χ2v) is 9.90. The molecule has 0 spiro atoms. The van der Waals surface area contributed by atoms with E-state index < -0.39 is 4.92 Å². The highest BCUT2D eigenvalue weighted by molar-refractivity contribution is 9.10. The van der Waals surface area contributed by atoms with E-state index in [0.717, 1.165) is 16.5 Å². The molecule has 0 saturated heterocycles. The zero-order valence-corrected chi connectivity index (χ0v) is 23.2. The third-order valence-electron chi connectivity index (χ3n) is 5.98. The van der Waals surface area contributed by atoms with Gasteiger partial charge in [0.1, 0.15) is 12.4 Å². The first-order chi connectivity index (χ1) is 18.2. The maximum Gasteiger partial charge on any atom is 0.315 e. The summed E-state index contributed by atoms with van der Waals surface area (Å²) in [7, 11) is 1.39. The van der Waals surface area contributed by atoms with E-state index in [0.29, 0.717) is 27.3 Å². The number of fused-ring (bicyclic) bond motifs is 1. The molecule has 0 fully saturated rings. The zero-order valence-electron chi connectivity index (χ0n) is 20.9. The molecule has 11 heteroatoms. The summed E-state index contributed by atoms with van der Waals surface area (Å²) in [6, 6.07) is 15.1. The van der Waals surface area contributed by atoms with Gasteiger partial charge in [0.05, 0.1) is 29.2 Å². The maximum absolute atomic E-state index is 13.4. The van der Waals surface area contributed by atoms with E-state index in [-0.39, 0.29) is 35.3 Å². The highest BCUT2D eigenvalue weighted by Gasteiger charge is 2.23. The van der Waals surface area contributed by atoms with Crippen LogP contribution in [-0.4, -0.2) is 27.9 Å². The molecule has 1 heterocycles. The van der Waals surface area contributed by atoms with Crippen LogP contribution in [0.2, 0.25) is 5.02 Å². The van der Waals surface area contributed by atoms with E-state index >= 15 is 0 Å². The molecule has 0 aliphatic carbocycles. The summed E-state index contributed by atoms with van der Waals surface area (Å²) in [5.74, 6) is 0.581. The molecule has 38 heavy (non-hydrogen) atoms. The number of rotatable bonds is 9. The van der Waals surface area contributed by atoms with Gasteiger partial charge >= 0.3 is 5.69 Å². The molecule has 0 amide bonds. The van der Waals surface area contributed by atoms with E-state index in [1.807, 2.05) is 19.9 Å². The molecule has 0 aliphatic rings. The molecule has 1 aromatic heterocycles. The molecule has 196 valence electrons. The van der Waals surface area contributed by atoms with Gasteiger partial charge in [-0.1, -0.05) is 53.5 Å². The first kappa shape index (κ1) is 27.3. The van der Waals surface area contributed by atoms with Crippen LogP contribution in [0.25, 0.3) is 10.9 Å². The Bertz CT molecular complexity index is 1590. The number of hydrogen-bond acceptors (Lipinski definition) is 7. The van der Waals surface area contributed by atoms with Crippen molar-refractivity contribution >= 4 is 50.3 Å². The van der Waals surface area contributed by atoms with Crippen LogP contribution >= 0.6 is 27.5 Å². The maximum atomic E-state index is 13.4. The third kappa shape index (κ3) is 5.87. The fourth-order valence-corrected chi connectivity index (χ4v) is 4.24. The highest BCUT2D eigenvalue weighted by Crippen LogP contribution is 2.38. The zero-order chi connectivity index (χ0) is 27.4. The van der Waals surface area contributed by atoms with Crippen LogP contribution in [0.4, 0.5) is 5.69 Å². The van der Waals surface area contributed by atoms with Gasteiger partial charge in [-0.25, -0.2) is 4.98 Å². The number of aromatic nitrogens is 2. The molecule has 9 nitrogen and oxygen atoms in total. The molecule has 0 aliphatic heterocycles. The van der Waals surface area contributed by atoms with Crippen molar-refractivity contribution in [2.45, 2.75) is 32.8 Å². The number of nitrogens with zero attached hydrogens (tertiary/aromatic N) is 4. The molecule has 0 radical (unpaired) electrons. The van der Waals surface area contributed by atoms with Crippen LogP contribution in [0.3, 0.4) is 0 Å². The fraction of sp³-hybridized carbons (Fsp3) is 0.222. The number of benzene rings is 3. The molecule has 0 unspecified atom stereocenters. The van der Waals surface area contributed by atoms with Crippen molar-refractivity contribution in [2.24, 2.45) is 5.10 Å². The summed E-state index contributed by atoms with van der Waals surface area (Å²) in [5, 5.41) is 17.3. The predicted octanol–water partition coefficient (Wildman–Crippen LogP) is 6.70. The van der Waals surface area contributed by atoms with Gasteiger partial charge in [-0.05, 0) is 48.4 Å². The Hall–Kier alpha value is -3.76. The fourth-order valence-electron chi connectivity index (χ4n) is 3.75. The number of methoxy groups -OCH3 is 1. The van der Waals surface area contributed by atoms with Gasteiger partial charge in [0.25, 0.3) is 5.56 Å². The molecule has 4 aromatic rings. The van der Waals surface area contributed by atoms with E-state index in [9.17, 15) is 14.9 Å². The van der Waals surface area contributed by atoms with Gasteiger partial charge in [0, 0.05) is 27.0 Å². The standard InChI is InChI=1S/C27H24BrClN4O5/c1-4-16(2)26-31-22-10-7-19(28)13-21(22)27(34)32(26)30-14-18-11-23(33(35)36)25(24(12-18)37-3)38-15-17-5-8-20(29)9-6-17/h5-14,16H,4,15H2,1-3H3/t16-/m1/s1. The summed E-state index contributed by atoms with van der Waals surface area (Å²) in [5.41, 5.74) is 1.06. The minimum absolute atomic E-state index is 0.0146. The predicted molar refractivity (Wildman–Crippen MR) is 151 cm³/mol. The number of nitro groups is 1. The lowest BCUT2D eigenvalue weighted by atomic mass is 10.1. The molecule has 3 aromatic carbocycles. The van der Waals surface area contributed by atoms with Crippen molar-refractivity contribution < 1.29 is 14.4 Å². The van der Waals surface area contributed by atoms with Gasteiger partial charge in [0.15, 0.2) is 5.75 Å². The average Bonchev–Trinajstić information content (AvgIpc) is 2.91. The number of nitro benzene ring substituents is 1. The smallest absolute Gasteiger partial charge is 0.315 e. The Morgan fingerprint density at radius 2 is 1.95 bits per heavy atom. The van der Waals surface area contributed by atoms with E-state index in [4.69, 9.17) is 21.1 Å². The molecule has 4 rings (SSSR count). The Morgan fingerprint density at radius 1 is 1.21 bits per heavy atom. The monoisotopic (exact) mass is 598 g/mol. The SMILES string of the molecule is CC[C@@H](C)c1nc2ccc(Br)cc2c(=O)n1N=Cc1cc(OC)c(OCc2ccc(Cl)cc2)c([N+](=O)[O-])c1. The van der Waals surface area contributed by atoms with Crippen molar-refractivity contribution in [2.75, 3.05) is 7.11 Å². The summed E-state index contributed by atoms with van der Waals surface area (Å²) in [6.07, 6.45) is 2.11. The van der Waals surface area contributed by atoms with Crippen LogP contribution in [0.15, 0.2) is 69.0 Å². The number of halogens is 2. The Kier molecular flexibility index (Phi) is 8.43. The van der Waals surface area contributed by atoms with Gasteiger partial charge in [-0.15, -0.1) is 0 Å². The van der Waals surface area contributed by atoms with Crippen LogP contribution < -0.4 is 15.0 Å². The van der Waals surface area contributed by atoms with E-state index in [2.05, 4.69) is 26.0 Å². The van der Waals surface area contributed by atoms with Crippen LogP contribution in [-0.2, 0) is 6.61 Å².